The van der Waals surface area contributed by atoms with Crippen LogP contribution in [0.1, 0.15) is 52.0 Å². The van der Waals surface area contributed by atoms with E-state index in [4.69, 9.17) is 14.2 Å². The number of rotatable bonds is 15. The Kier molecular flexibility index (Phi) is 13.1. The summed E-state index contributed by atoms with van der Waals surface area (Å²) in [6.07, 6.45) is 4.61. The zero-order valence-corrected chi connectivity index (χ0v) is 21.4. The van der Waals surface area contributed by atoms with Gasteiger partial charge in [-0.3, -0.25) is 14.5 Å². The summed E-state index contributed by atoms with van der Waals surface area (Å²) >= 11 is 0. The summed E-state index contributed by atoms with van der Waals surface area (Å²) in [4.78, 5) is 41.6. The van der Waals surface area contributed by atoms with Crippen LogP contribution in [0.5, 0.6) is 11.5 Å². The van der Waals surface area contributed by atoms with Crippen LogP contribution in [0, 0.1) is 11.8 Å². The molecule has 0 N–H and O–H groups in total. The average molecular weight is 488 g/mol. The van der Waals surface area contributed by atoms with E-state index >= 15 is 0 Å². The summed E-state index contributed by atoms with van der Waals surface area (Å²) in [5.74, 6) is -1.15. The second kappa shape index (κ2) is 15.5. The number of hydrogen-bond donors (Lipinski definition) is 0. The maximum atomic E-state index is 13.0. The minimum absolute atomic E-state index is 0.00802. The molecule has 192 valence electrons. The molecule has 1 rings (SSSR count). The van der Waals surface area contributed by atoms with Crippen molar-refractivity contribution in [2.24, 2.45) is 11.8 Å². The lowest BCUT2D eigenvalue weighted by atomic mass is 9.88. The number of unbranched alkanes of at least 4 members (excludes halogenated alkanes) is 1. The molecule has 0 unspecified atom stereocenters. The Morgan fingerprint density at radius 3 is 2.40 bits per heavy atom. The van der Waals surface area contributed by atoms with Crippen LogP contribution in [0.4, 0.5) is 0 Å². The highest BCUT2D eigenvalue weighted by molar-refractivity contribution is 6.62. The van der Waals surface area contributed by atoms with Gasteiger partial charge in [0.2, 0.25) is 5.91 Å². The van der Waals surface area contributed by atoms with E-state index in [0.717, 1.165) is 16.9 Å². The minimum atomic E-state index is -1.07. The molecule has 0 heterocycles. The third-order valence-electron chi connectivity index (χ3n) is 5.56. The number of imide groups is 1. The van der Waals surface area contributed by atoms with Gasteiger partial charge in [-0.2, -0.15) is 4.79 Å². The molecule has 1 aromatic carbocycles. The molecule has 0 saturated carbocycles. The van der Waals surface area contributed by atoms with E-state index in [9.17, 15) is 19.9 Å². The first-order chi connectivity index (χ1) is 16.8. The quantitative estimate of drug-likeness (QED) is 0.0926. The molecule has 0 spiro atoms. The molecule has 0 radical (unpaired) electrons. The third-order valence-corrected chi connectivity index (χ3v) is 5.56. The number of benzene rings is 1. The number of methoxy groups -OCH3 is 2. The molecule has 2 atom stereocenters. The summed E-state index contributed by atoms with van der Waals surface area (Å²) in [6.45, 7) is 9.49. The smallest absolute Gasteiger partial charge is 0.463 e. The van der Waals surface area contributed by atoms with Crippen LogP contribution in [0.25, 0.3) is 5.53 Å². The largest absolute Gasteiger partial charge is 0.493 e. The molecule has 0 saturated heterocycles. The zero-order valence-electron chi connectivity index (χ0n) is 21.4. The maximum absolute atomic E-state index is 13.0. The first-order valence-corrected chi connectivity index (χ1v) is 11.8. The Hall–Kier alpha value is -3.45. The molecule has 0 fully saturated rings. The summed E-state index contributed by atoms with van der Waals surface area (Å²) in [7, 11) is 3.17. The van der Waals surface area contributed by atoms with Crippen LogP contribution in [0.2, 0.25) is 0 Å². The molecule has 9 nitrogen and oxygen atoms in total. The number of carbonyl (C=O) groups is 3. The molecule has 35 heavy (non-hydrogen) atoms. The highest BCUT2D eigenvalue weighted by atomic mass is 16.5. The number of ether oxygens (including phenoxy) is 3. The van der Waals surface area contributed by atoms with Gasteiger partial charge in [-0.25, -0.2) is 4.79 Å². The van der Waals surface area contributed by atoms with Gasteiger partial charge in [0.05, 0.1) is 20.8 Å². The van der Waals surface area contributed by atoms with Gasteiger partial charge in [0.15, 0.2) is 11.5 Å². The van der Waals surface area contributed by atoms with E-state index in [-0.39, 0.29) is 31.4 Å². The molecular weight excluding hydrogens is 450 g/mol. The molecule has 0 aliphatic carbocycles. The molecule has 0 aromatic heterocycles. The predicted octanol–water partition coefficient (Wildman–Crippen LogP) is 3.85. The van der Waals surface area contributed by atoms with Crippen molar-refractivity contribution in [2.45, 2.75) is 52.9 Å². The highest BCUT2D eigenvalue weighted by Crippen LogP contribution is 2.30. The second-order valence-electron chi connectivity index (χ2n) is 8.31. The maximum Gasteiger partial charge on any atom is 0.463 e. The summed E-state index contributed by atoms with van der Waals surface area (Å²) in [5, 5.41) is 0. The molecule has 2 amide bonds. The Balaban J connectivity index is 2.91. The van der Waals surface area contributed by atoms with Gasteiger partial charge >= 0.3 is 17.6 Å². The monoisotopic (exact) mass is 487 g/mol. The van der Waals surface area contributed by atoms with Crippen LogP contribution < -0.4 is 9.47 Å². The summed E-state index contributed by atoms with van der Waals surface area (Å²) in [5.41, 5.74) is 9.43. The summed E-state index contributed by atoms with van der Waals surface area (Å²) < 4.78 is 15.4. The Bertz CT molecular complexity index is 939. The topological polar surface area (TPSA) is 119 Å². The molecular formula is C26H37N3O6. The normalized spacial score (nSPS) is 12.0. The van der Waals surface area contributed by atoms with E-state index in [1.165, 1.54) is 0 Å². The lowest BCUT2D eigenvalue weighted by molar-refractivity contribution is -0.148. The Labute approximate surface area is 207 Å². The lowest BCUT2D eigenvalue weighted by Gasteiger charge is -2.22. The fourth-order valence-electron chi connectivity index (χ4n) is 3.74. The van der Waals surface area contributed by atoms with Crippen molar-refractivity contribution in [3.63, 3.8) is 0 Å². The van der Waals surface area contributed by atoms with Crippen LogP contribution in [-0.2, 0) is 25.5 Å². The first kappa shape index (κ1) is 29.6. The van der Waals surface area contributed by atoms with Crippen molar-refractivity contribution >= 4 is 23.5 Å². The van der Waals surface area contributed by atoms with E-state index in [0.29, 0.717) is 30.8 Å². The van der Waals surface area contributed by atoms with E-state index in [2.05, 4.69) is 11.4 Å². The number of esters is 1. The van der Waals surface area contributed by atoms with Crippen molar-refractivity contribution in [3.05, 3.63) is 41.9 Å². The van der Waals surface area contributed by atoms with Crippen LogP contribution in [0.15, 0.2) is 30.9 Å². The van der Waals surface area contributed by atoms with Crippen molar-refractivity contribution < 1.29 is 33.4 Å². The van der Waals surface area contributed by atoms with Gasteiger partial charge in [-0.05, 0) is 55.7 Å². The SMILES string of the molecule is C=C[C@H](Cc1ccc(OC)c(OC)c1)C[C@@H](C)CC(=O)N(CCCC)C(=O)C(=[N+]=[N-])C(=O)OCC. The van der Waals surface area contributed by atoms with Crippen molar-refractivity contribution in [1.82, 2.24) is 4.90 Å². The molecule has 1 aromatic rings. The van der Waals surface area contributed by atoms with Crippen LogP contribution >= 0.6 is 0 Å². The Morgan fingerprint density at radius 1 is 1.17 bits per heavy atom. The number of nitrogens with zero attached hydrogens (tertiary/aromatic N) is 3. The lowest BCUT2D eigenvalue weighted by Crippen LogP contribution is -2.45. The highest BCUT2D eigenvalue weighted by Gasteiger charge is 2.38. The van der Waals surface area contributed by atoms with Crippen molar-refractivity contribution in [1.29, 1.82) is 0 Å². The molecule has 0 aliphatic rings. The van der Waals surface area contributed by atoms with Crippen LogP contribution in [0.3, 0.4) is 0 Å². The van der Waals surface area contributed by atoms with Gasteiger partial charge in [0.25, 0.3) is 0 Å². The third kappa shape index (κ3) is 9.02. The van der Waals surface area contributed by atoms with Gasteiger partial charge in [-0.15, -0.1) is 6.58 Å². The van der Waals surface area contributed by atoms with Gasteiger partial charge < -0.3 is 19.7 Å². The van der Waals surface area contributed by atoms with Gasteiger partial charge in [0, 0.05) is 13.0 Å². The Morgan fingerprint density at radius 2 is 1.86 bits per heavy atom. The van der Waals surface area contributed by atoms with Crippen molar-refractivity contribution in [3.8, 4) is 11.5 Å². The van der Waals surface area contributed by atoms with Crippen LogP contribution in [-0.4, -0.2) is 60.6 Å². The molecule has 0 bridgehead atoms. The van der Waals surface area contributed by atoms with Gasteiger partial charge in [0.1, 0.15) is 0 Å². The van der Waals surface area contributed by atoms with E-state index in [1.807, 2.05) is 38.1 Å². The van der Waals surface area contributed by atoms with E-state index < -0.39 is 23.5 Å². The first-order valence-electron chi connectivity index (χ1n) is 11.8. The fourth-order valence-corrected chi connectivity index (χ4v) is 3.74. The predicted molar refractivity (Wildman–Crippen MR) is 132 cm³/mol. The summed E-state index contributed by atoms with van der Waals surface area (Å²) in [6, 6.07) is 5.73. The standard InChI is InChI=1S/C26H37N3O6/c1-7-10-13-29(25(31)24(28-27)26(32)35-9-3)23(30)15-18(4)14-19(8-2)16-20-11-12-21(33-5)22(17-20)34-6/h8,11-12,17-19H,2,7,9-10,13-16H2,1,3-6H3/t18-,19+/m1/s1. The number of carbonyl (C=O) groups excluding carboxylic acids is 3. The van der Waals surface area contributed by atoms with E-state index in [1.54, 1.807) is 21.1 Å². The second-order valence-corrected chi connectivity index (χ2v) is 8.31. The zero-order chi connectivity index (χ0) is 26.4. The minimum Gasteiger partial charge on any atom is -0.493 e. The number of hydrogen-bond acceptors (Lipinski definition) is 6. The average Bonchev–Trinajstić information content (AvgIpc) is 2.84. The van der Waals surface area contributed by atoms with Crippen molar-refractivity contribution in [2.75, 3.05) is 27.4 Å². The fraction of sp³-hybridized carbons (Fsp3) is 0.538. The molecule has 9 heteroatoms. The number of allylic oxidation sites excluding steroid dienone is 1. The molecule has 0 aliphatic heterocycles. The van der Waals surface area contributed by atoms with Gasteiger partial charge in [-0.1, -0.05) is 32.4 Å². The number of amides is 2.